The molecule has 2 rings (SSSR count). The number of rotatable bonds is 28. The molecular weight excluding hydrogens is 752 g/mol. The van der Waals surface area contributed by atoms with Crippen molar-refractivity contribution >= 4 is 20.2 Å². The van der Waals surface area contributed by atoms with Crippen molar-refractivity contribution in [2.24, 2.45) is 0 Å². The second kappa shape index (κ2) is 31.8. The summed E-state index contributed by atoms with van der Waals surface area (Å²) in [6.07, 6.45) is 30.9. The molecule has 0 heterocycles. The Kier molecular flexibility index (Phi) is 31.1. The Morgan fingerprint density at radius 3 is 0.907 bits per heavy atom. The Hall–Kier alpha value is -1.23. The number of benzene rings is 2. The van der Waals surface area contributed by atoms with E-state index in [0.717, 1.165) is 57.2 Å². The predicted octanol–water partition coefficient (Wildman–Crippen LogP) is 13.0. The molecule has 0 saturated heterocycles. The van der Waals surface area contributed by atoms with Crippen LogP contribution in [-0.2, 0) is 56.8 Å². The van der Waals surface area contributed by atoms with Crippen molar-refractivity contribution in [3.8, 4) is 0 Å². The van der Waals surface area contributed by atoms with Crippen molar-refractivity contribution < 1.29 is 49.7 Å². The Morgan fingerprint density at radius 2 is 0.685 bits per heavy atom. The van der Waals surface area contributed by atoms with Crippen LogP contribution in [0.2, 0.25) is 0 Å². The van der Waals surface area contributed by atoms with Gasteiger partial charge in [0.2, 0.25) is 0 Å². The van der Waals surface area contributed by atoms with Crippen LogP contribution in [0.1, 0.15) is 217 Å². The summed E-state index contributed by atoms with van der Waals surface area (Å²) < 4.78 is 76.5. The molecule has 0 fully saturated rings. The van der Waals surface area contributed by atoms with Gasteiger partial charge in [-0.25, -0.2) is 16.8 Å². The zero-order valence-electron chi connectivity index (χ0n) is 34.8. The van der Waals surface area contributed by atoms with E-state index in [1.54, 1.807) is 12.1 Å². The summed E-state index contributed by atoms with van der Waals surface area (Å²) in [5.41, 5.74) is 3.58. The molecule has 0 bridgehead atoms. The Morgan fingerprint density at radius 1 is 0.444 bits per heavy atom. The number of hydrogen-bond acceptors (Lipinski definition) is 7. The molecule has 10 heteroatoms. The van der Waals surface area contributed by atoms with Crippen LogP contribution >= 0.6 is 0 Å². The van der Waals surface area contributed by atoms with E-state index < -0.39 is 20.2 Å². The van der Waals surface area contributed by atoms with Gasteiger partial charge in [-0.15, -0.1) is 0 Å². The Labute approximate surface area is 343 Å². The van der Waals surface area contributed by atoms with E-state index in [1.165, 1.54) is 141 Å². The van der Waals surface area contributed by atoms with Gasteiger partial charge in [0, 0.05) is 0 Å². The first-order chi connectivity index (χ1) is 25.7. The first kappa shape index (κ1) is 52.8. The second-order valence-corrected chi connectivity index (χ2v) is 18.2. The third-order valence-electron chi connectivity index (χ3n) is 10.1. The summed E-state index contributed by atoms with van der Waals surface area (Å²) >= 11 is 0.750. The van der Waals surface area contributed by atoms with Crippen LogP contribution in [0.4, 0.5) is 0 Å². The van der Waals surface area contributed by atoms with E-state index in [0.29, 0.717) is 11.1 Å². The van der Waals surface area contributed by atoms with Gasteiger partial charge in [0.1, 0.15) is 20.2 Å². The van der Waals surface area contributed by atoms with Crippen molar-refractivity contribution in [3.63, 3.8) is 0 Å². The van der Waals surface area contributed by atoms with E-state index in [9.17, 15) is 25.9 Å². The quantitative estimate of drug-likeness (QED) is 0.0474. The van der Waals surface area contributed by atoms with E-state index in [-0.39, 0.29) is 21.6 Å². The number of hydrogen-bond donors (Lipinski definition) is 0. The molecule has 308 valence electrons. The molecule has 0 unspecified atom stereocenters. The fraction of sp³-hybridized carbons (Fsp3) is 0.727. The number of unbranched alkanes of at least 4 members (excludes halogenated alkanes) is 20. The maximum atomic E-state index is 11.4. The van der Waals surface area contributed by atoms with Crippen LogP contribution in [0.25, 0.3) is 0 Å². The van der Waals surface area contributed by atoms with Crippen LogP contribution < -0.4 is 0 Å². The molecule has 0 radical (unpaired) electrons. The average Bonchev–Trinajstić information content (AvgIpc) is 3.13. The van der Waals surface area contributed by atoms with Gasteiger partial charge in [-0.3, -0.25) is 0 Å². The maximum absolute atomic E-state index is 11.4. The fourth-order valence-electron chi connectivity index (χ4n) is 6.85. The van der Waals surface area contributed by atoms with Crippen molar-refractivity contribution in [1.29, 1.82) is 0 Å². The van der Waals surface area contributed by atoms with Crippen molar-refractivity contribution in [2.45, 2.75) is 217 Å². The third-order valence-corrected chi connectivity index (χ3v) is 11.9. The summed E-state index contributed by atoms with van der Waals surface area (Å²) in [6.45, 7) is 12.2. The molecule has 0 amide bonds. The molecule has 0 saturated carbocycles. The normalized spacial score (nSPS) is 11.7. The van der Waals surface area contributed by atoms with Crippen LogP contribution in [-0.4, -0.2) is 25.9 Å². The van der Waals surface area contributed by atoms with Gasteiger partial charge < -0.3 is 9.11 Å². The Bertz CT molecular complexity index is 1350. The van der Waals surface area contributed by atoms with E-state index >= 15 is 0 Å². The predicted molar refractivity (Wildman–Crippen MR) is 218 cm³/mol. The van der Waals surface area contributed by atoms with Gasteiger partial charge in [0.05, 0.1) is 9.79 Å². The molecular formula is C44H74O7S2Ti. The summed E-state index contributed by atoms with van der Waals surface area (Å²) in [4.78, 5) is -0.120. The zero-order chi connectivity index (χ0) is 40.8. The van der Waals surface area contributed by atoms with E-state index in [1.807, 2.05) is 39.8 Å². The van der Waals surface area contributed by atoms with Crippen LogP contribution in [0, 0.1) is 0 Å². The summed E-state index contributed by atoms with van der Waals surface area (Å²) in [5.74, 6) is 0.0667. The first-order valence-electron chi connectivity index (χ1n) is 21.1. The van der Waals surface area contributed by atoms with Gasteiger partial charge in [-0.05, 0) is 71.9 Å². The van der Waals surface area contributed by atoms with Crippen LogP contribution in [0.15, 0.2) is 46.2 Å². The van der Waals surface area contributed by atoms with Gasteiger partial charge in [0.15, 0.2) is 0 Å². The first-order valence-corrected chi connectivity index (χ1v) is 24.6. The van der Waals surface area contributed by atoms with Gasteiger partial charge in [-0.1, -0.05) is 194 Å². The summed E-state index contributed by atoms with van der Waals surface area (Å²) in [7, 11) is -8.78. The minimum atomic E-state index is -4.39. The Balaban J connectivity index is 0.000000994. The molecule has 0 aromatic heterocycles. The molecule has 0 aliphatic carbocycles. The van der Waals surface area contributed by atoms with Gasteiger partial charge in [-0.2, -0.15) is 0 Å². The minimum absolute atomic E-state index is 0.0333. The van der Waals surface area contributed by atoms with Crippen molar-refractivity contribution in [1.82, 2.24) is 0 Å². The molecule has 7 nitrogen and oxygen atoms in total. The van der Waals surface area contributed by atoms with Crippen LogP contribution in [0.3, 0.4) is 0 Å². The standard InChI is InChI=1S/2C22H38O3S.O.Ti/c2*1-4-5-6-7-8-9-10-11-12-13-14-15-20-16-17-22(26(23,24)25)21(18-20)19(2)3;;/h2*16-19H,4-15H2,1-3H3,(H,23,24,25);;/q;;;+2/p-2. The SMILES string of the molecule is CCCCCCCCCCCCCc1ccc(S(=O)(=O)[O-])c(C(C)C)c1.CCCCCCCCCCCCCc1ccc(S(=O)(=O)[O-])c(C(C)C)c1.[O]=[Ti+2]. The monoisotopic (exact) mass is 826 g/mol. The fourth-order valence-corrected chi connectivity index (χ4v) is 8.49. The van der Waals surface area contributed by atoms with Crippen molar-refractivity contribution in [3.05, 3.63) is 58.7 Å². The molecule has 54 heavy (non-hydrogen) atoms. The summed E-state index contributed by atoms with van der Waals surface area (Å²) in [5, 5.41) is 0. The number of aryl methyl sites for hydroxylation is 2. The molecule has 2 aromatic carbocycles. The molecule has 0 N–H and O–H groups in total. The molecule has 0 atom stereocenters. The second-order valence-electron chi connectivity index (χ2n) is 15.5. The van der Waals surface area contributed by atoms with Crippen molar-refractivity contribution in [2.75, 3.05) is 0 Å². The molecule has 0 aliphatic heterocycles. The zero-order valence-corrected chi connectivity index (χ0v) is 38.0. The van der Waals surface area contributed by atoms with E-state index in [2.05, 4.69) is 13.8 Å². The molecule has 0 spiro atoms. The van der Waals surface area contributed by atoms with E-state index in [4.69, 9.17) is 3.32 Å². The van der Waals surface area contributed by atoms with Gasteiger partial charge >= 0.3 is 23.7 Å². The molecule has 0 aliphatic rings. The summed E-state index contributed by atoms with van der Waals surface area (Å²) in [6, 6.07) is 10.4. The van der Waals surface area contributed by atoms with Crippen LogP contribution in [0.5, 0.6) is 0 Å². The third kappa shape index (κ3) is 25.1. The average molecular weight is 827 g/mol. The topological polar surface area (TPSA) is 131 Å². The molecule has 2 aromatic rings. The van der Waals surface area contributed by atoms with Gasteiger partial charge in [0.25, 0.3) is 0 Å².